The highest BCUT2D eigenvalue weighted by Crippen LogP contribution is 2.21. The van der Waals surface area contributed by atoms with Gasteiger partial charge in [0.15, 0.2) is 17.0 Å². The fourth-order valence-electron chi connectivity index (χ4n) is 2.70. The summed E-state index contributed by atoms with van der Waals surface area (Å²) < 4.78 is 1.88. The number of rotatable bonds is 5. The van der Waals surface area contributed by atoms with Crippen molar-refractivity contribution in [1.82, 2.24) is 24.5 Å². The second kappa shape index (κ2) is 7.51. The minimum absolute atomic E-state index is 0.124. The van der Waals surface area contributed by atoms with E-state index < -0.39 is 0 Å². The van der Waals surface area contributed by atoms with Gasteiger partial charge in [-0.15, -0.1) is 0 Å². The summed E-state index contributed by atoms with van der Waals surface area (Å²) in [4.78, 5) is 17.3. The van der Waals surface area contributed by atoms with Crippen molar-refractivity contribution < 1.29 is 0 Å². The van der Waals surface area contributed by atoms with E-state index in [-0.39, 0.29) is 5.28 Å². The third-order valence-corrected chi connectivity index (χ3v) is 4.09. The van der Waals surface area contributed by atoms with Crippen LogP contribution in [0.2, 0.25) is 5.28 Å². The molecule has 1 N–H and O–H groups in total. The van der Waals surface area contributed by atoms with Crippen LogP contribution < -0.4 is 5.43 Å². The normalized spacial score (nSPS) is 11.3. The van der Waals surface area contributed by atoms with E-state index in [1.807, 2.05) is 54.0 Å². The highest BCUT2D eigenvalue weighted by atomic mass is 35.5. The second-order valence-electron chi connectivity index (χ2n) is 5.99. The summed E-state index contributed by atoms with van der Waals surface area (Å²) in [5.41, 5.74) is 7.18. The van der Waals surface area contributed by atoms with Crippen LogP contribution in [0.5, 0.6) is 0 Å². The molecule has 3 aromatic heterocycles. The standard InChI is InChI=1S/C19H16ClN7/c1-13-5-4-6-14(9-13)10-23-26-17-16-18(25-19(20)24-17)27(12-22-16)11-15-7-2-3-8-21-15/h2-10,12H,11H2,1H3,(H,24,25,26)/b23-10+. The maximum atomic E-state index is 6.10. The van der Waals surface area contributed by atoms with E-state index in [0.29, 0.717) is 23.5 Å². The lowest BCUT2D eigenvalue weighted by atomic mass is 10.2. The minimum atomic E-state index is 0.124. The number of anilines is 1. The van der Waals surface area contributed by atoms with Crippen molar-refractivity contribution in [2.45, 2.75) is 13.5 Å². The number of hydrogen-bond acceptors (Lipinski definition) is 6. The zero-order valence-electron chi connectivity index (χ0n) is 14.5. The van der Waals surface area contributed by atoms with Gasteiger partial charge in [-0.1, -0.05) is 35.9 Å². The lowest BCUT2D eigenvalue weighted by Gasteiger charge is -2.05. The SMILES string of the molecule is Cc1cccc(/C=N/Nc2nc(Cl)nc3c2ncn3Cc2ccccn2)c1. The van der Waals surface area contributed by atoms with E-state index in [2.05, 4.69) is 30.5 Å². The number of nitrogens with one attached hydrogen (secondary N) is 1. The highest BCUT2D eigenvalue weighted by molar-refractivity contribution is 6.28. The van der Waals surface area contributed by atoms with Gasteiger partial charge in [0.05, 0.1) is 24.8 Å². The summed E-state index contributed by atoms with van der Waals surface area (Å²) in [6.07, 6.45) is 5.17. The molecule has 0 amide bonds. The Morgan fingerprint density at radius 1 is 1.15 bits per heavy atom. The first-order valence-corrected chi connectivity index (χ1v) is 8.71. The molecule has 134 valence electrons. The van der Waals surface area contributed by atoms with Gasteiger partial charge >= 0.3 is 0 Å². The van der Waals surface area contributed by atoms with Gasteiger partial charge in [-0.2, -0.15) is 15.1 Å². The number of imidazole rings is 1. The average Bonchev–Trinajstić information content (AvgIpc) is 3.05. The fourth-order valence-corrected chi connectivity index (χ4v) is 2.86. The van der Waals surface area contributed by atoms with Crippen molar-refractivity contribution in [3.63, 3.8) is 0 Å². The van der Waals surface area contributed by atoms with E-state index in [4.69, 9.17) is 11.6 Å². The first kappa shape index (κ1) is 17.1. The number of benzene rings is 1. The molecule has 4 rings (SSSR count). The molecule has 0 aliphatic rings. The molecule has 0 bridgehead atoms. The van der Waals surface area contributed by atoms with Crippen molar-refractivity contribution in [2.75, 3.05) is 5.43 Å². The van der Waals surface area contributed by atoms with Gasteiger partial charge in [0.1, 0.15) is 0 Å². The number of hydrazone groups is 1. The van der Waals surface area contributed by atoms with E-state index in [1.54, 1.807) is 18.7 Å². The Morgan fingerprint density at radius 2 is 2.07 bits per heavy atom. The van der Waals surface area contributed by atoms with Crippen LogP contribution in [0.15, 0.2) is 60.1 Å². The van der Waals surface area contributed by atoms with Crippen LogP contribution in [-0.4, -0.2) is 30.7 Å². The molecule has 0 radical (unpaired) electrons. The van der Waals surface area contributed by atoms with E-state index in [9.17, 15) is 0 Å². The van der Waals surface area contributed by atoms with Crippen LogP contribution >= 0.6 is 11.6 Å². The number of hydrogen-bond donors (Lipinski definition) is 1. The highest BCUT2D eigenvalue weighted by Gasteiger charge is 2.12. The quantitative estimate of drug-likeness (QED) is 0.326. The van der Waals surface area contributed by atoms with Crippen LogP contribution in [0.25, 0.3) is 11.2 Å². The lowest BCUT2D eigenvalue weighted by Crippen LogP contribution is -2.03. The van der Waals surface area contributed by atoms with Gasteiger partial charge in [0.2, 0.25) is 5.28 Å². The number of fused-ring (bicyclic) bond motifs is 1. The van der Waals surface area contributed by atoms with Gasteiger partial charge < -0.3 is 4.57 Å². The Morgan fingerprint density at radius 3 is 2.89 bits per heavy atom. The fraction of sp³-hybridized carbons (Fsp3) is 0.105. The Kier molecular flexibility index (Phi) is 4.76. The number of halogens is 1. The summed E-state index contributed by atoms with van der Waals surface area (Å²) in [6, 6.07) is 13.8. The van der Waals surface area contributed by atoms with Crippen LogP contribution in [0.3, 0.4) is 0 Å². The van der Waals surface area contributed by atoms with Crippen LogP contribution in [0.1, 0.15) is 16.8 Å². The molecule has 0 aliphatic carbocycles. The topological polar surface area (TPSA) is 80.9 Å². The average molecular weight is 378 g/mol. The molecule has 0 fully saturated rings. The van der Waals surface area contributed by atoms with Gasteiger partial charge in [0, 0.05) is 6.20 Å². The molecule has 3 heterocycles. The summed E-state index contributed by atoms with van der Waals surface area (Å²) in [5, 5.41) is 4.38. The van der Waals surface area contributed by atoms with Gasteiger partial charge in [-0.3, -0.25) is 10.4 Å². The van der Waals surface area contributed by atoms with Crippen molar-refractivity contribution in [2.24, 2.45) is 5.10 Å². The van der Waals surface area contributed by atoms with Crippen LogP contribution in [0.4, 0.5) is 5.82 Å². The molecular formula is C19H16ClN7. The summed E-state index contributed by atoms with van der Waals surface area (Å²) in [6.45, 7) is 2.57. The smallest absolute Gasteiger partial charge is 0.226 e. The van der Waals surface area contributed by atoms with Crippen LogP contribution in [-0.2, 0) is 6.54 Å². The molecule has 0 saturated heterocycles. The predicted molar refractivity (Wildman–Crippen MR) is 106 cm³/mol. The molecule has 0 atom stereocenters. The minimum Gasteiger partial charge on any atom is -0.309 e. The molecular weight excluding hydrogens is 362 g/mol. The summed E-state index contributed by atoms with van der Waals surface area (Å²) >= 11 is 6.10. The Labute approximate surface area is 160 Å². The lowest BCUT2D eigenvalue weighted by molar-refractivity contribution is 0.788. The number of aryl methyl sites for hydroxylation is 1. The molecule has 0 aliphatic heterocycles. The van der Waals surface area contributed by atoms with E-state index in [1.165, 1.54) is 5.56 Å². The van der Waals surface area contributed by atoms with Crippen LogP contribution in [0, 0.1) is 6.92 Å². The Balaban J connectivity index is 1.61. The van der Waals surface area contributed by atoms with Crippen molar-refractivity contribution in [3.05, 3.63) is 77.1 Å². The first-order chi connectivity index (χ1) is 13.2. The zero-order chi connectivity index (χ0) is 18.6. The van der Waals surface area contributed by atoms with Crippen molar-refractivity contribution >= 4 is 34.8 Å². The zero-order valence-corrected chi connectivity index (χ0v) is 15.3. The van der Waals surface area contributed by atoms with E-state index in [0.717, 1.165) is 11.3 Å². The van der Waals surface area contributed by atoms with Gasteiger partial charge in [-0.05, 0) is 36.2 Å². The third-order valence-electron chi connectivity index (χ3n) is 3.92. The monoisotopic (exact) mass is 377 g/mol. The maximum Gasteiger partial charge on any atom is 0.226 e. The second-order valence-corrected chi connectivity index (χ2v) is 6.33. The van der Waals surface area contributed by atoms with E-state index >= 15 is 0 Å². The predicted octanol–water partition coefficient (Wildman–Crippen LogP) is 3.68. The Hall–Kier alpha value is -3.32. The first-order valence-electron chi connectivity index (χ1n) is 8.33. The maximum absolute atomic E-state index is 6.10. The molecule has 0 spiro atoms. The number of pyridine rings is 1. The molecule has 1 aromatic carbocycles. The van der Waals surface area contributed by atoms with Gasteiger partial charge in [-0.25, -0.2) is 4.98 Å². The van der Waals surface area contributed by atoms with Crippen molar-refractivity contribution in [1.29, 1.82) is 0 Å². The number of nitrogens with zero attached hydrogens (tertiary/aromatic N) is 6. The molecule has 0 unspecified atom stereocenters. The number of aromatic nitrogens is 5. The summed E-state index contributed by atoms with van der Waals surface area (Å²) in [7, 11) is 0. The largest absolute Gasteiger partial charge is 0.309 e. The molecule has 7 nitrogen and oxygen atoms in total. The molecule has 8 heteroatoms. The molecule has 4 aromatic rings. The molecule has 27 heavy (non-hydrogen) atoms. The Bertz CT molecular complexity index is 1110. The third kappa shape index (κ3) is 3.93. The summed E-state index contributed by atoms with van der Waals surface area (Å²) in [5.74, 6) is 0.452. The molecule has 0 saturated carbocycles. The van der Waals surface area contributed by atoms with Crippen molar-refractivity contribution in [3.8, 4) is 0 Å². The van der Waals surface area contributed by atoms with Gasteiger partial charge in [0.25, 0.3) is 0 Å².